The van der Waals surface area contributed by atoms with E-state index in [0.29, 0.717) is 15.9 Å². The first-order valence-electron chi connectivity index (χ1n) is 6.02. The summed E-state index contributed by atoms with van der Waals surface area (Å²) in [6.07, 6.45) is 1.83. The molecule has 3 aromatic rings. The fourth-order valence-corrected chi connectivity index (χ4v) is 3.34. The lowest BCUT2D eigenvalue weighted by molar-refractivity contribution is 0.622. The summed E-state index contributed by atoms with van der Waals surface area (Å²) in [7, 11) is 0. The van der Waals surface area contributed by atoms with Crippen LogP contribution in [0.5, 0.6) is 0 Å². The van der Waals surface area contributed by atoms with E-state index in [9.17, 15) is 4.39 Å². The van der Waals surface area contributed by atoms with Gasteiger partial charge in [-0.15, -0.1) is 11.3 Å². The molecule has 1 unspecified atom stereocenters. The molecule has 0 bridgehead atoms. The van der Waals surface area contributed by atoms with Gasteiger partial charge in [-0.25, -0.2) is 14.4 Å². The number of nitrogens with zero attached hydrogens (tertiary/aromatic N) is 3. The smallest absolute Gasteiger partial charge is 0.201 e. The Balaban J connectivity index is 2.20. The maximum Gasteiger partial charge on any atom is 0.201 e. The maximum absolute atomic E-state index is 13.6. The van der Waals surface area contributed by atoms with Gasteiger partial charge in [-0.3, -0.25) is 0 Å². The molecule has 20 heavy (non-hydrogen) atoms. The lowest BCUT2D eigenvalue weighted by Crippen LogP contribution is -2.09. The quantitative estimate of drug-likeness (QED) is 0.759. The van der Waals surface area contributed by atoms with Gasteiger partial charge < -0.3 is 10.3 Å². The maximum atomic E-state index is 13.6. The van der Waals surface area contributed by atoms with E-state index < -0.39 is 0 Å². The number of hydrogen-bond donors (Lipinski definition) is 1. The lowest BCUT2D eigenvalue weighted by Gasteiger charge is -2.13. The Labute approximate surface area is 127 Å². The van der Waals surface area contributed by atoms with Crippen LogP contribution >= 0.6 is 27.3 Å². The Bertz CT molecular complexity index is 795. The molecule has 104 valence electrons. The third-order valence-electron chi connectivity index (χ3n) is 3.14. The van der Waals surface area contributed by atoms with Crippen LogP contribution in [-0.4, -0.2) is 14.5 Å². The van der Waals surface area contributed by atoms with Crippen molar-refractivity contribution in [3.8, 4) is 0 Å². The molecule has 0 fully saturated rings. The number of nitrogens with two attached hydrogens (primary N) is 1. The number of halogens is 2. The summed E-state index contributed by atoms with van der Waals surface area (Å²) < 4.78 is 15.8. The lowest BCUT2D eigenvalue weighted by atomic mass is 10.2. The van der Waals surface area contributed by atoms with Gasteiger partial charge in [0.25, 0.3) is 0 Å². The number of hydrogen-bond acceptors (Lipinski definition) is 4. The summed E-state index contributed by atoms with van der Waals surface area (Å²) >= 11 is 4.82. The number of aryl methyl sites for hydroxylation is 1. The summed E-state index contributed by atoms with van der Waals surface area (Å²) in [5, 5.41) is 0.953. The van der Waals surface area contributed by atoms with Crippen molar-refractivity contribution in [3.63, 3.8) is 0 Å². The molecule has 4 nitrogen and oxygen atoms in total. The third-order valence-corrected chi connectivity index (χ3v) is 4.83. The highest BCUT2D eigenvalue weighted by atomic mass is 79.9. The van der Waals surface area contributed by atoms with Gasteiger partial charge in [-0.1, -0.05) is 0 Å². The van der Waals surface area contributed by atoms with Gasteiger partial charge in [0.1, 0.15) is 10.8 Å². The molecule has 0 aliphatic heterocycles. The molecule has 2 N–H and O–H groups in total. The minimum Gasteiger partial charge on any atom is -0.369 e. The third kappa shape index (κ3) is 2.10. The summed E-state index contributed by atoms with van der Waals surface area (Å²) in [5.74, 6) is 0.0118. The normalized spacial score (nSPS) is 13.0. The van der Waals surface area contributed by atoms with Crippen LogP contribution in [0, 0.1) is 12.7 Å². The predicted molar refractivity (Wildman–Crippen MR) is 82.5 cm³/mol. The van der Waals surface area contributed by atoms with Gasteiger partial charge >= 0.3 is 0 Å². The monoisotopic (exact) mass is 354 g/mol. The van der Waals surface area contributed by atoms with E-state index >= 15 is 0 Å². The summed E-state index contributed by atoms with van der Waals surface area (Å²) in [4.78, 5) is 9.75. The molecule has 2 aromatic heterocycles. The second kappa shape index (κ2) is 4.82. The Morgan fingerprint density at radius 3 is 2.85 bits per heavy atom. The first-order chi connectivity index (χ1) is 9.47. The van der Waals surface area contributed by atoms with Crippen molar-refractivity contribution in [3.05, 3.63) is 38.5 Å². The minimum atomic E-state index is -0.347. The number of aromatic nitrogens is 3. The van der Waals surface area contributed by atoms with Crippen LogP contribution < -0.4 is 5.73 Å². The van der Waals surface area contributed by atoms with Gasteiger partial charge in [0, 0.05) is 17.1 Å². The zero-order valence-electron chi connectivity index (χ0n) is 10.9. The Kier molecular flexibility index (Phi) is 3.25. The van der Waals surface area contributed by atoms with Crippen molar-refractivity contribution >= 4 is 44.2 Å². The van der Waals surface area contributed by atoms with Gasteiger partial charge in [0.15, 0.2) is 0 Å². The van der Waals surface area contributed by atoms with Crippen LogP contribution in [0.15, 0.2) is 22.8 Å². The highest BCUT2D eigenvalue weighted by Crippen LogP contribution is 2.31. The van der Waals surface area contributed by atoms with Gasteiger partial charge in [-0.2, -0.15) is 0 Å². The second-order valence-corrected chi connectivity index (χ2v) is 6.70. The molecule has 3 rings (SSSR count). The van der Waals surface area contributed by atoms with Crippen LogP contribution in [-0.2, 0) is 0 Å². The topological polar surface area (TPSA) is 56.7 Å². The molecular formula is C13H12BrFN4S. The van der Waals surface area contributed by atoms with Crippen LogP contribution in [0.2, 0.25) is 0 Å². The molecule has 2 heterocycles. The summed E-state index contributed by atoms with van der Waals surface area (Å²) in [6, 6.07) is 3.04. The SMILES string of the molecule is Cc1cnc(C(C)n2c(N)nc3cc(F)c(Br)cc32)s1. The molecule has 0 spiro atoms. The van der Waals surface area contributed by atoms with Gasteiger partial charge in [-0.05, 0) is 35.8 Å². The van der Waals surface area contributed by atoms with E-state index in [2.05, 4.69) is 25.9 Å². The van der Waals surface area contributed by atoms with Crippen molar-refractivity contribution in [2.75, 3.05) is 5.73 Å². The Morgan fingerprint density at radius 2 is 2.20 bits per heavy atom. The van der Waals surface area contributed by atoms with Crippen LogP contribution in [0.25, 0.3) is 11.0 Å². The zero-order valence-corrected chi connectivity index (χ0v) is 13.3. The van der Waals surface area contributed by atoms with Crippen LogP contribution in [0.1, 0.15) is 22.9 Å². The largest absolute Gasteiger partial charge is 0.369 e. The Morgan fingerprint density at radius 1 is 1.45 bits per heavy atom. The van der Waals surface area contributed by atoms with Crippen LogP contribution in [0.4, 0.5) is 10.3 Å². The summed E-state index contributed by atoms with van der Waals surface area (Å²) in [6.45, 7) is 4.02. The standard InChI is InChI=1S/C13H12BrFN4S/c1-6-5-17-12(20-6)7(2)19-11-3-8(14)9(15)4-10(11)18-13(19)16/h3-5,7H,1-2H3,(H2,16,18). The fraction of sp³-hybridized carbons (Fsp3) is 0.231. The highest BCUT2D eigenvalue weighted by molar-refractivity contribution is 9.10. The minimum absolute atomic E-state index is 0.0453. The molecule has 0 aliphatic rings. The first-order valence-corrected chi connectivity index (χ1v) is 7.63. The molecule has 1 atom stereocenters. The van der Waals surface area contributed by atoms with E-state index in [1.54, 1.807) is 17.4 Å². The molecule has 0 amide bonds. The average molecular weight is 355 g/mol. The molecule has 0 saturated carbocycles. The second-order valence-electron chi connectivity index (χ2n) is 4.58. The van der Waals surface area contributed by atoms with Crippen molar-refractivity contribution < 1.29 is 4.39 Å². The Hall–Kier alpha value is -1.47. The molecular weight excluding hydrogens is 343 g/mol. The van der Waals surface area contributed by atoms with Gasteiger partial charge in [0.2, 0.25) is 5.95 Å². The van der Waals surface area contributed by atoms with Crippen LogP contribution in [0.3, 0.4) is 0 Å². The van der Waals surface area contributed by atoms with E-state index in [1.807, 2.05) is 24.6 Å². The molecule has 7 heteroatoms. The molecule has 1 aromatic carbocycles. The van der Waals surface area contributed by atoms with Crippen molar-refractivity contribution in [2.24, 2.45) is 0 Å². The van der Waals surface area contributed by atoms with Crippen molar-refractivity contribution in [1.29, 1.82) is 0 Å². The number of benzene rings is 1. The van der Waals surface area contributed by atoms with E-state index in [1.165, 1.54) is 6.07 Å². The van der Waals surface area contributed by atoms with Crippen molar-refractivity contribution in [2.45, 2.75) is 19.9 Å². The van der Waals surface area contributed by atoms with Gasteiger partial charge in [0.05, 0.1) is 21.5 Å². The fourth-order valence-electron chi connectivity index (χ4n) is 2.19. The van der Waals surface area contributed by atoms with E-state index in [0.717, 1.165) is 15.4 Å². The first kappa shape index (κ1) is 13.5. The average Bonchev–Trinajstić information content (AvgIpc) is 2.93. The number of nitrogen functional groups attached to an aromatic ring is 1. The summed E-state index contributed by atoms with van der Waals surface area (Å²) in [5.41, 5.74) is 7.32. The number of thiazole rings is 1. The number of anilines is 1. The number of rotatable bonds is 2. The number of fused-ring (bicyclic) bond motifs is 1. The van der Waals surface area contributed by atoms with Crippen molar-refractivity contribution in [1.82, 2.24) is 14.5 Å². The molecule has 0 saturated heterocycles. The zero-order chi connectivity index (χ0) is 14.4. The molecule has 0 radical (unpaired) electrons. The highest BCUT2D eigenvalue weighted by Gasteiger charge is 2.19. The van der Waals surface area contributed by atoms with E-state index in [-0.39, 0.29) is 11.9 Å². The number of imidazole rings is 1. The van der Waals surface area contributed by atoms with E-state index in [4.69, 9.17) is 5.73 Å². The predicted octanol–water partition coefficient (Wildman–Crippen LogP) is 3.89. The molecule has 0 aliphatic carbocycles.